The van der Waals surface area contributed by atoms with Gasteiger partial charge in [0.1, 0.15) is 0 Å². The number of aromatic nitrogens is 1. The number of nitrogens with one attached hydrogen (secondary N) is 2. The average Bonchev–Trinajstić information content (AvgIpc) is 3.21. The minimum Gasteiger partial charge on any atom is -0.477 e. The highest BCUT2D eigenvalue weighted by Gasteiger charge is 2.41. The highest BCUT2D eigenvalue weighted by atomic mass is 35.5. The lowest BCUT2D eigenvalue weighted by Gasteiger charge is -2.32. The lowest BCUT2D eigenvalue weighted by Crippen LogP contribution is -2.41. The fourth-order valence-corrected chi connectivity index (χ4v) is 3.73. The number of ether oxygens (including phenoxy) is 1. The van der Waals surface area contributed by atoms with Crippen LogP contribution in [0.4, 0.5) is 5.82 Å². The van der Waals surface area contributed by atoms with E-state index < -0.39 is 5.97 Å². The van der Waals surface area contributed by atoms with Crippen LogP contribution in [0.1, 0.15) is 29.6 Å². The quantitative estimate of drug-likeness (QED) is 0.751. The molecule has 1 aromatic heterocycles. The van der Waals surface area contributed by atoms with Gasteiger partial charge in [0.15, 0.2) is 17.1 Å². The summed E-state index contributed by atoms with van der Waals surface area (Å²) in [7, 11) is 0. The van der Waals surface area contributed by atoms with Gasteiger partial charge >= 0.3 is 5.97 Å². The second-order valence-corrected chi connectivity index (χ2v) is 6.70. The van der Waals surface area contributed by atoms with E-state index in [1.165, 1.54) is 0 Å². The average molecular weight is 380 g/mol. The van der Waals surface area contributed by atoms with Crippen LogP contribution in [0.25, 0.3) is 11.3 Å². The van der Waals surface area contributed by atoms with Gasteiger partial charge in [-0.3, -0.25) is 0 Å². The molecule has 1 spiro atoms. The van der Waals surface area contributed by atoms with Crippen molar-refractivity contribution < 1.29 is 19.2 Å². The van der Waals surface area contributed by atoms with Crippen LogP contribution in [0.2, 0.25) is 0 Å². The Labute approximate surface area is 157 Å². The van der Waals surface area contributed by atoms with Gasteiger partial charge in [0, 0.05) is 5.56 Å². The molecule has 1 aromatic carbocycles. The predicted octanol–water partition coefficient (Wildman–Crippen LogP) is 2.78. The number of nitrogens with zero attached hydrogens (tertiary/aromatic N) is 1. The number of hydrogen-bond acceptors (Lipinski definition) is 6. The number of carboxylic acid groups (broad SMARTS) is 1. The number of halogens is 1. The number of hydrogen-bond donors (Lipinski definition) is 3. The Hall–Kier alpha value is -2.09. The molecular formula is C18H22ClN3O4. The molecule has 8 heteroatoms. The first kappa shape index (κ1) is 18.7. The van der Waals surface area contributed by atoms with Gasteiger partial charge in [-0.25, -0.2) is 4.79 Å². The summed E-state index contributed by atoms with van der Waals surface area (Å²) in [4.78, 5) is 11.8. The molecule has 0 saturated carbocycles. The first-order valence-electron chi connectivity index (χ1n) is 8.56. The van der Waals surface area contributed by atoms with Crippen molar-refractivity contribution in [3.05, 3.63) is 35.9 Å². The van der Waals surface area contributed by atoms with Crippen molar-refractivity contribution in [3.63, 3.8) is 0 Å². The van der Waals surface area contributed by atoms with E-state index in [1.807, 2.05) is 18.2 Å². The smallest absolute Gasteiger partial charge is 0.343 e. The Morgan fingerprint density at radius 2 is 2.00 bits per heavy atom. The third kappa shape index (κ3) is 3.56. The van der Waals surface area contributed by atoms with Crippen LogP contribution >= 0.6 is 12.4 Å². The molecule has 2 fully saturated rings. The number of rotatable bonds is 4. The second kappa shape index (κ2) is 7.65. The first-order valence-corrected chi connectivity index (χ1v) is 8.56. The molecule has 0 radical (unpaired) electrons. The van der Waals surface area contributed by atoms with Gasteiger partial charge in [0.2, 0.25) is 0 Å². The maximum Gasteiger partial charge on any atom is 0.343 e. The van der Waals surface area contributed by atoms with E-state index in [9.17, 15) is 9.90 Å². The maximum absolute atomic E-state index is 11.8. The lowest BCUT2D eigenvalue weighted by atomic mass is 9.88. The van der Waals surface area contributed by atoms with Crippen LogP contribution in [0.15, 0.2) is 34.9 Å². The Kier molecular flexibility index (Phi) is 5.50. The molecule has 7 nitrogen and oxygen atoms in total. The van der Waals surface area contributed by atoms with Gasteiger partial charge in [-0.15, -0.1) is 12.4 Å². The zero-order valence-corrected chi connectivity index (χ0v) is 15.1. The van der Waals surface area contributed by atoms with E-state index in [4.69, 9.17) is 9.26 Å². The molecule has 2 aromatic rings. The Morgan fingerprint density at radius 1 is 1.27 bits per heavy atom. The summed E-state index contributed by atoms with van der Waals surface area (Å²) in [6, 6.07) is 9.18. The van der Waals surface area contributed by atoms with Gasteiger partial charge in [-0.1, -0.05) is 35.5 Å². The van der Waals surface area contributed by atoms with E-state index in [1.54, 1.807) is 12.1 Å². The van der Waals surface area contributed by atoms with Crippen LogP contribution in [-0.4, -0.2) is 47.6 Å². The van der Waals surface area contributed by atoms with E-state index in [-0.39, 0.29) is 41.2 Å². The minimum absolute atomic E-state index is 0. The molecule has 140 valence electrons. The highest BCUT2D eigenvalue weighted by molar-refractivity contribution is 5.99. The van der Waals surface area contributed by atoms with Crippen LogP contribution in [0.3, 0.4) is 0 Å². The first-order chi connectivity index (χ1) is 12.2. The molecule has 1 unspecified atom stereocenters. The molecule has 2 saturated heterocycles. The minimum atomic E-state index is -1.06. The maximum atomic E-state index is 11.8. The number of benzene rings is 1. The molecule has 1 atom stereocenters. The van der Waals surface area contributed by atoms with Gasteiger partial charge < -0.3 is 25.0 Å². The Balaban J connectivity index is 0.00000196. The molecule has 0 amide bonds. The molecule has 3 heterocycles. The zero-order valence-electron chi connectivity index (χ0n) is 14.2. The van der Waals surface area contributed by atoms with Crippen LogP contribution < -0.4 is 10.6 Å². The molecule has 3 N–H and O–H groups in total. The summed E-state index contributed by atoms with van der Waals surface area (Å²) in [6.45, 7) is 2.46. The standard InChI is InChI=1S/C18H21N3O4.ClH/c22-17(23)14-15(12-4-2-1-3-5-12)25-21-16(14)20-13-10-18(24-11-13)6-8-19-9-7-18;/h1-5,13,19H,6-11H2,(H,20,21)(H,22,23);1H. The number of carbonyl (C=O) groups is 1. The summed E-state index contributed by atoms with van der Waals surface area (Å²) in [5.74, 6) is -0.518. The number of aromatic carboxylic acids is 1. The van der Waals surface area contributed by atoms with Gasteiger partial charge in [0.25, 0.3) is 0 Å². The SMILES string of the molecule is Cl.O=C(O)c1c(NC2COC3(CCNCC3)C2)noc1-c1ccccc1. The lowest BCUT2D eigenvalue weighted by molar-refractivity contribution is -0.0192. The van der Waals surface area contributed by atoms with E-state index >= 15 is 0 Å². The van der Waals surface area contributed by atoms with E-state index in [0.29, 0.717) is 12.2 Å². The third-order valence-corrected chi connectivity index (χ3v) is 5.01. The van der Waals surface area contributed by atoms with Crippen molar-refractivity contribution in [2.45, 2.75) is 30.9 Å². The summed E-state index contributed by atoms with van der Waals surface area (Å²) in [6.07, 6.45) is 2.80. The number of carboxylic acids is 1. The highest BCUT2D eigenvalue weighted by Crippen LogP contribution is 2.36. The van der Waals surface area contributed by atoms with Crippen molar-refractivity contribution in [2.24, 2.45) is 0 Å². The fraction of sp³-hybridized carbons (Fsp3) is 0.444. The summed E-state index contributed by atoms with van der Waals surface area (Å²) in [5, 5.41) is 20.2. The van der Waals surface area contributed by atoms with Gasteiger partial charge in [-0.2, -0.15) is 0 Å². The fourth-order valence-electron chi connectivity index (χ4n) is 3.73. The summed E-state index contributed by atoms with van der Waals surface area (Å²) >= 11 is 0. The Morgan fingerprint density at radius 3 is 2.69 bits per heavy atom. The molecule has 0 aliphatic carbocycles. The van der Waals surface area contributed by atoms with Gasteiger partial charge in [0.05, 0.1) is 18.2 Å². The Bertz CT molecular complexity index is 759. The molecule has 4 rings (SSSR count). The monoisotopic (exact) mass is 379 g/mol. The normalized spacial score (nSPS) is 21.3. The van der Waals surface area contributed by atoms with Gasteiger partial charge in [-0.05, 0) is 32.4 Å². The zero-order chi connectivity index (χ0) is 17.3. The third-order valence-electron chi connectivity index (χ3n) is 5.01. The van der Waals surface area contributed by atoms with Crippen molar-refractivity contribution in [1.29, 1.82) is 0 Å². The molecular weight excluding hydrogens is 358 g/mol. The largest absolute Gasteiger partial charge is 0.477 e. The summed E-state index contributed by atoms with van der Waals surface area (Å²) < 4.78 is 11.4. The number of piperidine rings is 1. The topological polar surface area (TPSA) is 96.6 Å². The van der Waals surface area contributed by atoms with Crippen molar-refractivity contribution in [3.8, 4) is 11.3 Å². The molecule has 26 heavy (non-hydrogen) atoms. The van der Waals surface area contributed by atoms with Crippen molar-refractivity contribution in [2.75, 3.05) is 25.0 Å². The van der Waals surface area contributed by atoms with Crippen LogP contribution in [-0.2, 0) is 4.74 Å². The molecule has 2 aliphatic rings. The predicted molar refractivity (Wildman–Crippen MR) is 99.0 cm³/mol. The van der Waals surface area contributed by atoms with Crippen molar-refractivity contribution in [1.82, 2.24) is 10.5 Å². The van der Waals surface area contributed by atoms with Crippen LogP contribution in [0.5, 0.6) is 0 Å². The molecule has 2 aliphatic heterocycles. The summed E-state index contributed by atoms with van der Waals surface area (Å²) in [5.41, 5.74) is 0.661. The molecule has 0 bridgehead atoms. The van der Waals surface area contributed by atoms with Crippen LogP contribution in [0, 0.1) is 0 Å². The number of anilines is 1. The second-order valence-electron chi connectivity index (χ2n) is 6.70. The van der Waals surface area contributed by atoms with E-state index in [2.05, 4.69) is 15.8 Å². The van der Waals surface area contributed by atoms with Crippen molar-refractivity contribution >= 4 is 24.2 Å². The van der Waals surface area contributed by atoms with E-state index in [0.717, 1.165) is 32.4 Å².